The van der Waals surface area contributed by atoms with Gasteiger partial charge >= 0.3 is 0 Å². The van der Waals surface area contributed by atoms with Gasteiger partial charge < -0.3 is 20.1 Å². The molecule has 0 atom stereocenters. The fraction of sp³-hybridized carbons (Fsp3) is 0.200. The minimum atomic E-state index is 0.505. The number of anilines is 3. The van der Waals surface area contributed by atoms with Gasteiger partial charge in [0.15, 0.2) is 5.75 Å². The molecule has 2 N–H and O–H groups in total. The molecular weight excluding hydrogens is 328 g/mol. The maximum absolute atomic E-state index is 5.96. The quantitative estimate of drug-likeness (QED) is 0.555. The number of hydrogen-bond donors (Lipinski definition) is 2. The van der Waals surface area contributed by atoms with Gasteiger partial charge in [-0.05, 0) is 36.8 Å². The van der Waals surface area contributed by atoms with E-state index in [-0.39, 0.29) is 0 Å². The fourth-order valence-corrected chi connectivity index (χ4v) is 2.35. The van der Waals surface area contributed by atoms with Gasteiger partial charge in [0, 0.05) is 26.5 Å². The Bertz CT molecular complexity index is 812. The first-order valence-corrected chi connectivity index (χ1v) is 8.50. The molecule has 0 aliphatic rings. The molecule has 0 bridgehead atoms. The monoisotopic (exact) mass is 350 g/mol. The topological polar surface area (TPSA) is 68.3 Å². The van der Waals surface area contributed by atoms with E-state index < -0.39 is 0 Å². The van der Waals surface area contributed by atoms with Crippen molar-refractivity contribution in [3.8, 4) is 11.5 Å². The maximum Gasteiger partial charge on any atom is 0.229 e. The SMILES string of the molecule is COCCCNc1ccnc(Nc2ccccc2Oc2ccccc2)n1. The first-order valence-electron chi connectivity index (χ1n) is 8.50. The Kier molecular flexibility index (Phi) is 6.39. The number of rotatable bonds is 9. The molecule has 6 heteroatoms. The first-order chi connectivity index (χ1) is 12.8. The molecule has 0 saturated carbocycles. The molecule has 0 spiro atoms. The van der Waals surface area contributed by atoms with Crippen LogP contribution in [-0.2, 0) is 4.74 Å². The fourth-order valence-electron chi connectivity index (χ4n) is 2.35. The van der Waals surface area contributed by atoms with E-state index in [0.29, 0.717) is 18.3 Å². The molecular formula is C20H22N4O2. The Morgan fingerprint density at radius 1 is 0.962 bits per heavy atom. The molecule has 0 aliphatic heterocycles. The van der Waals surface area contributed by atoms with Gasteiger partial charge in [0.05, 0.1) is 5.69 Å². The highest BCUT2D eigenvalue weighted by Gasteiger charge is 2.07. The lowest BCUT2D eigenvalue weighted by atomic mass is 10.3. The molecule has 0 aliphatic carbocycles. The van der Waals surface area contributed by atoms with Crippen molar-refractivity contribution >= 4 is 17.5 Å². The number of methoxy groups -OCH3 is 1. The van der Waals surface area contributed by atoms with Crippen LogP contribution >= 0.6 is 0 Å². The Hall–Kier alpha value is -3.12. The molecule has 0 unspecified atom stereocenters. The lowest BCUT2D eigenvalue weighted by molar-refractivity contribution is 0.198. The Morgan fingerprint density at radius 2 is 1.77 bits per heavy atom. The molecule has 0 radical (unpaired) electrons. The van der Waals surface area contributed by atoms with Gasteiger partial charge in [-0.1, -0.05) is 30.3 Å². The second-order valence-corrected chi connectivity index (χ2v) is 5.57. The van der Waals surface area contributed by atoms with Crippen molar-refractivity contribution in [2.45, 2.75) is 6.42 Å². The molecule has 134 valence electrons. The van der Waals surface area contributed by atoms with Gasteiger partial charge in [0.1, 0.15) is 11.6 Å². The number of para-hydroxylation sites is 3. The van der Waals surface area contributed by atoms with Crippen molar-refractivity contribution < 1.29 is 9.47 Å². The van der Waals surface area contributed by atoms with Crippen LogP contribution in [0.25, 0.3) is 0 Å². The summed E-state index contributed by atoms with van der Waals surface area (Å²) in [5.74, 6) is 2.75. The average molecular weight is 350 g/mol. The minimum Gasteiger partial charge on any atom is -0.455 e. The number of aromatic nitrogens is 2. The highest BCUT2D eigenvalue weighted by Crippen LogP contribution is 2.30. The zero-order valence-electron chi connectivity index (χ0n) is 14.7. The summed E-state index contributed by atoms with van der Waals surface area (Å²) in [4.78, 5) is 8.77. The van der Waals surface area contributed by atoms with Crippen molar-refractivity contribution in [3.63, 3.8) is 0 Å². The number of benzene rings is 2. The summed E-state index contributed by atoms with van der Waals surface area (Å²) >= 11 is 0. The van der Waals surface area contributed by atoms with Gasteiger partial charge in [0.2, 0.25) is 5.95 Å². The zero-order chi connectivity index (χ0) is 18.0. The Balaban J connectivity index is 1.69. The van der Waals surface area contributed by atoms with E-state index in [1.165, 1.54) is 0 Å². The summed E-state index contributed by atoms with van der Waals surface area (Å²) in [5, 5.41) is 6.48. The third-order valence-electron chi connectivity index (χ3n) is 3.59. The normalized spacial score (nSPS) is 10.3. The molecule has 2 aromatic carbocycles. The largest absolute Gasteiger partial charge is 0.455 e. The summed E-state index contributed by atoms with van der Waals surface area (Å²) in [6.45, 7) is 1.51. The van der Waals surface area contributed by atoms with Crippen LogP contribution in [0.1, 0.15) is 6.42 Å². The molecule has 3 rings (SSSR count). The van der Waals surface area contributed by atoms with E-state index in [2.05, 4.69) is 20.6 Å². The summed E-state index contributed by atoms with van der Waals surface area (Å²) < 4.78 is 11.0. The molecule has 6 nitrogen and oxygen atoms in total. The standard InChI is InChI=1S/C20H22N4O2/c1-25-15-7-13-21-19-12-14-22-20(24-19)23-17-10-5-6-11-18(17)26-16-8-3-2-4-9-16/h2-6,8-12,14H,7,13,15H2,1H3,(H2,21,22,23,24). The van der Waals surface area contributed by atoms with E-state index in [1.807, 2.05) is 60.7 Å². The van der Waals surface area contributed by atoms with Crippen molar-refractivity contribution in [2.24, 2.45) is 0 Å². The molecule has 3 aromatic rings. The summed E-state index contributed by atoms with van der Waals surface area (Å²) in [7, 11) is 1.70. The first kappa shape index (κ1) is 17.7. The third kappa shape index (κ3) is 5.19. The summed E-state index contributed by atoms with van der Waals surface area (Å²) in [5.41, 5.74) is 0.799. The Morgan fingerprint density at radius 3 is 2.62 bits per heavy atom. The van der Waals surface area contributed by atoms with Crippen LogP contribution in [0.5, 0.6) is 11.5 Å². The zero-order valence-corrected chi connectivity index (χ0v) is 14.7. The van der Waals surface area contributed by atoms with Gasteiger partial charge in [-0.2, -0.15) is 4.98 Å². The average Bonchev–Trinajstić information content (AvgIpc) is 2.68. The third-order valence-corrected chi connectivity index (χ3v) is 3.59. The summed E-state index contributed by atoms with van der Waals surface area (Å²) in [6, 6.07) is 19.2. The predicted molar refractivity (Wildman–Crippen MR) is 103 cm³/mol. The van der Waals surface area contributed by atoms with Crippen LogP contribution in [0.4, 0.5) is 17.5 Å². The van der Waals surface area contributed by atoms with E-state index >= 15 is 0 Å². The minimum absolute atomic E-state index is 0.505. The van der Waals surface area contributed by atoms with Crippen molar-refractivity contribution in [1.29, 1.82) is 0 Å². The molecule has 1 aromatic heterocycles. The Labute approximate surface area is 153 Å². The second kappa shape index (κ2) is 9.39. The van der Waals surface area contributed by atoms with Gasteiger partial charge in [-0.3, -0.25) is 0 Å². The van der Waals surface area contributed by atoms with E-state index in [9.17, 15) is 0 Å². The van der Waals surface area contributed by atoms with Crippen LogP contribution in [0.2, 0.25) is 0 Å². The number of nitrogens with zero attached hydrogens (tertiary/aromatic N) is 2. The van der Waals surface area contributed by atoms with E-state index in [1.54, 1.807) is 13.3 Å². The smallest absolute Gasteiger partial charge is 0.229 e. The van der Waals surface area contributed by atoms with Crippen LogP contribution in [0, 0.1) is 0 Å². The van der Waals surface area contributed by atoms with Gasteiger partial charge in [-0.25, -0.2) is 4.98 Å². The van der Waals surface area contributed by atoms with Gasteiger partial charge in [0.25, 0.3) is 0 Å². The highest BCUT2D eigenvalue weighted by molar-refractivity contribution is 5.63. The predicted octanol–water partition coefficient (Wildman–Crippen LogP) is 4.46. The van der Waals surface area contributed by atoms with Crippen molar-refractivity contribution in [2.75, 3.05) is 30.9 Å². The van der Waals surface area contributed by atoms with Crippen molar-refractivity contribution in [3.05, 3.63) is 66.9 Å². The molecule has 0 amide bonds. The maximum atomic E-state index is 5.96. The molecule has 1 heterocycles. The van der Waals surface area contributed by atoms with Crippen LogP contribution in [0.3, 0.4) is 0 Å². The van der Waals surface area contributed by atoms with Gasteiger partial charge in [-0.15, -0.1) is 0 Å². The number of nitrogens with one attached hydrogen (secondary N) is 2. The van der Waals surface area contributed by atoms with Crippen LogP contribution in [-0.4, -0.2) is 30.2 Å². The number of hydrogen-bond acceptors (Lipinski definition) is 6. The van der Waals surface area contributed by atoms with Crippen LogP contribution < -0.4 is 15.4 Å². The lowest BCUT2D eigenvalue weighted by Crippen LogP contribution is -2.07. The molecule has 0 saturated heterocycles. The molecule has 26 heavy (non-hydrogen) atoms. The van der Waals surface area contributed by atoms with E-state index in [4.69, 9.17) is 9.47 Å². The van der Waals surface area contributed by atoms with Crippen LogP contribution in [0.15, 0.2) is 66.9 Å². The van der Waals surface area contributed by atoms with Crippen molar-refractivity contribution in [1.82, 2.24) is 9.97 Å². The summed E-state index contributed by atoms with van der Waals surface area (Å²) in [6.07, 6.45) is 2.63. The highest BCUT2D eigenvalue weighted by atomic mass is 16.5. The molecule has 0 fully saturated rings. The second-order valence-electron chi connectivity index (χ2n) is 5.57. The number of ether oxygens (including phenoxy) is 2. The van der Waals surface area contributed by atoms with E-state index in [0.717, 1.165) is 30.2 Å². The lowest BCUT2D eigenvalue weighted by Gasteiger charge is -2.12.